The van der Waals surface area contributed by atoms with Crippen LogP contribution < -0.4 is 5.56 Å². The Kier molecular flexibility index (Phi) is 2.32. The van der Waals surface area contributed by atoms with Gasteiger partial charge in [0.05, 0.1) is 0 Å². The van der Waals surface area contributed by atoms with Crippen molar-refractivity contribution in [2.24, 2.45) is 0 Å². The fourth-order valence-corrected chi connectivity index (χ4v) is 1.60. The first-order chi connectivity index (χ1) is 7.08. The summed E-state index contributed by atoms with van der Waals surface area (Å²) in [6.45, 7) is 2.59. The standard InChI is InChI=1S/C10H14N4O/c1-7-4-9(15)14-10(12-7)8(5-11-14)6-13(2)3/h4-5,11H,6H2,1-3H3. The van der Waals surface area contributed by atoms with Gasteiger partial charge in [-0.25, -0.2) is 9.50 Å². The molecule has 0 radical (unpaired) electrons. The molecule has 15 heavy (non-hydrogen) atoms. The molecule has 5 nitrogen and oxygen atoms in total. The number of nitrogens with zero attached hydrogens (tertiary/aromatic N) is 3. The number of rotatable bonds is 2. The summed E-state index contributed by atoms with van der Waals surface area (Å²) in [4.78, 5) is 18.0. The summed E-state index contributed by atoms with van der Waals surface area (Å²) < 4.78 is 1.46. The molecule has 0 aliphatic rings. The van der Waals surface area contributed by atoms with Crippen molar-refractivity contribution >= 4 is 5.65 Å². The van der Waals surface area contributed by atoms with Gasteiger partial charge in [0.15, 0.2) is 5.65 Å². The Hall–Kier alpha value is -1.62. The van der Waals surface area contributed by atoms with E-state index in [9.17, 15) is 4.79 Å². The predicted octanol–water partition coefficient (Wildman–Crippen LogP) is 0.393. The molecule has 0 bridgehead atoms. The fraction of sp³-hybridized carbons (Fsp3) is 0.400. The number of aromatic amines is 1. The van der Waals surface area contributed by atoms with Crippen LogP contribution in [0.25, 0.3) is 5.65 Å². The number of hydrogen-bond donors (Lipinski definition) is 1. The minimum Gasteiger partial charge on any atom is -0.305 e. The average Bonchev–Trinajstić information content (AvgIpc) is 2.48. The third-order valence-corrected chi connectivity index (χ3v) is 2.19. The summed E-state index contributed by atoms with van der Waals surface area (Å²) in [5, 5.41) is 2.90. The van der Waals surface area contributed by atoms with Gasteiger partial charge < -0.3 is 4.90 Å². The second kappa shape index (κ2) is 3.51. The molecule has 2 rings (SSSR count). The molecular formula is C10H14N4O. The minimum absolute atomic E-state index is 0.0671. The second-order valence-corrected chi connectivity index (χ2v) is 3.93. The molecule has 5 heteroatoms. The van der Waals surface area contributed by atoms with Crippen LogP contribution in [-0.2, 0) is 6.54 Å². The zero-order valence-corrected chi connectivity index (χ0v) is 9.11. The summed E-state index contributed by atoms with van der Waals surface area (Å²) in [5.41, 5.74) is 2.43. The molecule has 1 N–H and O–H groups in total. The highest BCUT2D eigenvalue weighted by atomic mass is 16.1. The van der Waals surface area contributed by atoms with Crippen molar-refractivity contribution < 1.29 is 0 Å². The highest BCUT2D eigenvalue weighted by Crippen LogP contribution is 2.07. The van der Waals surface area contributed by atoms with Gasteiger partial charge in [-0.2, -0.15) is 0 Å². The lowest BCUT2D eigenvalue weighted by Gasteiger charge is -2.07. The molecule has 0 fully saturated rings. The highest BCUT2D eigenvalue weighted by Gasteiger charge is 2.07. The van der Waals surface area contributed by atoms with Gasteiger partial charge in [0.25, 0.3) is 5.56 Å². The zero-order chi connectivity index (χ0) is 11.0. The van der Waals surface area contributed by atoms with Crippen LogP contribution in [-0.4, -0.2) is 33.6 Å². The minimum atomic E-state index is -0.0671. The zero-order valence-electron chi connectivity index (χ0n) is 9.11. The van der Waals surface area contributed by atoms with Crippen molar-refractivity contribution in [1.82, 2.24) is 19.5 Å². The van der Waals surface area contributed by atoms with Crippen molar-refractivity contribution in [3.05, 3.63) is 33.9 Å². The number of fused-ring (bicyclic) bond motifs is 1. The Morgan fingerprint density at radius 2 is 2.27 bits per heavy atom. The van der Waals surface area contributed by atoms with E-state index in [0.29, 0.717) is 5.65 Å². The molecule has 0 spiro atoms. The van der Waals surface area contributed by atoms with Gasteiger partial charge in [-0.15, -0.1) is 0 Å². The third-order valence-electron chi connectivity index (χ3n) is 2.19. The maximum absolute atomic E-state index is 11.6. The Balaban J connectivity index is 2.63. The summed E-state index contributed by atoms with van der Waals surface area (Å²) in [5.74, 6) is 0. The Morgan fingerprint density at radius 3 is 2.93 bits per heavy atom. The van der Waals surface area contributed by atoms with E-state index >= 15 is 0 Å². The molecule has 0 atom stereocenters. The first-order valence-corrected chi connectivity index (χ1v) is 4.79. The van der Waals surface area contributed by atoms with Crippen molar-refractivity contribution in [3.63, 3.8) is 0 Å². The lowest BCUT2D eigenvalue weighted by molar-refractivity contribution is 0.403. The van der Waals surface area contributed by atoms with Gasteiger partial charge in [0.2, 0.25) is 0 Å². The van der Waals surface area contributed by atoms with E-state index in [1.807, 2.05) is 32.1 Å². The number of aryl methyl sites for hydroxylation is 1. The quantitative estimate of drug-likeness (QED) is 0.773. The van der Waals surface area contributed by atoms with Crippen LogP contribution in [0.3, 0.4) is 0 Å². The Labute approximate surface area is 87.3 Å². The van der Waals surface area contributed by atoms with E-state index in [2.05, 4.69) is 10.1 Å². The van der Waals surface area contributed by atoms with Gasteiger partial charge in [-0.1, -0.05) is 0 Å². The molecular weight excluding hydrogens is 192 g/mol. The molecule has 80 valence electrons. The van der Waals surface area contributed by atoms with Gasteiger partial charge in [-0.3, -0.25) is 9.89 Å². The summed E-state index contributed by atoms with van der Waals surface area (Å²) in [6.07, 6.45) is 1.82. The van der Waals surface area contributed by atoms with E-state index in [-0.39, 0.29) is 5.56 Å². The largest absolute Gasteiger partial charge is 0.305 e. The number of aromatic nitrogens is 3. The topological polar surface area (TPSA) is 53.4 Å². The summed E-state index contributed by atoms with van der Waals surface area (Å²) >= 11 is 0. The molecule has 0 saturated heterocycles. The fourth-order valence-electron chi connectivity index (χ4n) is 1.60. The molecule has 0 aliphatic heterocycles. The average molecular weight is 206 g/mol. The Bertz CT molecular complexity index is 538. The number of nitrogens with one attached hydrogen (secondary N) is 1. The molecule has 2 aromatic rings. The molecule has 0 unspecified atom stereocenters. The third kappa shape index (κ3) is 1.78. The predicted molar refractivity (Wildman–Crippen MR) is 57.9 cm³/mol. The van der Waals surface area contributed by atoms with Crippen molar-refractivity contribution in [2.75, 3.05) is 14.1 Å². The lowest BCUT2D eigenvalue weighted by Crippen LogP contribution is -2.15. The first kappa shape index (κ1) is 9.92. The monoisotopic (exact) mass is 206 g/mol. The van der Waals surface area contributed by atoms with Crippen LogP contribution in [0.15, 0.2) is 17.1 Å². The Morgan fingerprint density at radius 1 is 1.53 bits per heavy atom. The van der Waals surface area contributed by atoms with Crippen molar-refractivity contribution in [1.29, 1.82) is 0 Å². The molecule has 2 aromatic heterocycles. The van der Waals surface area contributed by atoms with Crippen molar-refractivity contribution in [3.8, 4) is 0 Å². The van der Waals surface area contributed by atoms with E-state index < -0.39 is 0 Å². The van der Waals surface area contributed by atoms with Crippen molar-refractivity contribution in [2.45, 2.75) is 13.5 Å². The lowest BCUT2D eigenvalue weighted by atomic mass is 10.3. The van der Waals surface area contributed by atoms with Gasteiger partial charge in [-0.05, 0) is 21.0 Å². The van der Waals surface area contributed by atoms with Crippen LogP contribution in [0, 0.1) is 6.92 Å². The molecule has 0 aromatic carbocycles. The van der Waals surface area contributed by atoms with E-state index in [1.54, 1.807) is 0 Å². The second-order valence-electron chi connectivity index (χ2n) is 3.93. The molecule has 0 saturated carbocycles. The maximum Gasteiger partial charge on any atom is 0.272 e. The molecule has 0 amide bonds. The van der Waals surface area contributed by atoms with E-state index in [1.165, 1.54) is 10.6 Å². The normalized spacial score (nSPS) is 11.5. The van der Waals surface area contributed by atoms with Crippen LogP contribution in [0.5, 0.6) is 0 Å². The van der Waals surface area contributed by atoms with E-state index in [4.69, 9.17) is 0 Å². The number of hydrogen-bond acceptors (Lipinski definition) is 3. The number of H-pyrrole nitrogens is 1. The van der Waals surface area contributed by atoms with E-state index in [0.717, 1.165) is 17.8 Å². The summed E-state index contributed by atoms with van der Waals surface area (Å²) in [6, 6.07) is 1.52. The van der Waals surface area contributed by atoms with Gasteiger partial charge >= 0.3 is 0 Å². The van der Waals surface area contributed by atoms with Crippen LogP contribution in [0.2, 0.25) is 0 Å². The van der Waals surface area contributed by atoms with Crippen LogP contribution in [0.4, 0.5) is 0 Å². The summed E-state index contributed by atoms with van der Waals surface area (Å²) in [7, 11) is 3.97. The highest BCUT2D eigenvalue weighted by molar-refractivity contribution is 5.46. The van der Waals surface area contributed by atoms with Gasteiger partial charge in [0, 0.05) is 30.1 Å². The molecule has 2 heterocycles. The first-order valence-electron chi connectivity index (χ1n) is 4.79. The van der Waals surface area contributed by atoms with Crippen LogP contribution in [0.1, 0.15) is 11.3 Å². The van der Waals surface area contributed by atoms with Crippen LogP contribution >= 0.6 is 0 Å². The smallest absolute Gasteiger partial charge is 0.272 e. The SMILES string of the molecule is Cc1cc(=O)n2[nH]cc(CN(C)C)c2n1. The molecule has 0 aliphatic carbocycles. The van der Waals surface area contributed by atoms with Gasteiger partial charge in [0.1, 0.15) is 0 Å². The maximum atomic E-state index is 11.6.